The molecule has 30 heavy (non-hydrogen) atoms. The largest absolute Gasteiger partial charge is 0.374 e. The number of nitrogens with zero attached hydrogens (tertiary/aromatic N) is 3. The molecule has 1 aromatic heterocycles. The molecule has 0 aliphatic rings. The Bertz CT molecular complexity index is 1110. The van der Waals surface area contributed by atoms with Crippen LogP contribution in [0.5, 0.6) is 0 Å². The zero-order valence-electron chi connectivity index (χ0n) is 17.7. The van der Waals surface area contributed by atoms with Crippen LogP contribution in [0.2, 0.25) is 0 Å². The van der Waals surface area contributed by atoms with Crippen LogP contribution in [-0.2, 0) is 0 Å². The molecule has 4 aromatic rings. The summed E-state index contributed by atoms with van der Waals surface area (Å²) in [5.74, 6) is 0. The Morgan fingerprint density at radius 1 is 0.733 bits per heavy atom. The first kappa shape index (κ1) is 23.9. The molecule has 0 N–H and O–H groups in total. The van der Waals surface area contributed by atoms with Gasteiger partial charge in [0.1, 0.15) is 0 Å². The van der Waals surface area contributed by atoms with Crippen molar-refractivity contribution in [2.45, 2.75) is 6.42 Å². The Labute approximate surface area is 191 Å². The van der Waals surface area contributed by atoms with Gasteiger partial charge in [-0.3, -0.25) is 0 Å². The molecule has 158 valence electrons. The highest BCUT2D eigenvalue weighted by Gasteiger charge is 2.11. The van der Waals surface area contributed by atoms with Gasteiger partial charge in [0.2, 0.25) is 0 Å². The van der Waals surface area contributed by atoms with Crippen LogP contribution in [0.25, 0.3) is 32.9 Å². The molecule has 0 aliphatic carbocycles. The predicted octanol–water partition coefficient (Wildman–Crippen LogP) is 6.29. The number of hydrogen-bond donors (Lipinski definition) is 0. The molecule has 3 nitrogen and oxygen atoms in total. The number of hydrogen-bond acceptors (Lipinski definition) is 3. The van der Waals surface area contributed by atoms with Crippen molar-refractivity contribution in [3.8, 4) is 11.3 Å². The summed E-state index contributed by atoms with van der Waals surface area (Å²) in [7, 11) is 6.43. The molecular weight excluding hydrogens is 413 g/mol. The lowest BCUT2D eigenvalue weighted by atomic mass is 10.0. The average Bonchev–Trinajstić information content (AvgIpc) is 2.72. The fraction of sp³-hybridized carbons (Fsp3) is 0.240. The van der Waals surface area contributed by atoms with E-state index in [2.05, 4.69) is 104 Å². The van der Waals surface area contributed by atoms with Gasteiger partial charge >= 0.3 is 0 Å². The van der Waals surface area contributed by atoms with Crippen molar-refractivity contribution >= 4 is 52.2 Å². The van der Waals surface area contributed by atoms with Gasteiger partial charge in [-0.05, 0) is 56.0 Å². The lowest BCUT2D eigenvalue weighted by molar-refractivity contribution is 0.402. The summed E-state index contributed by atoms with van der Waals surface area (Å²) in [5, 5.41) is 3.71. The smallest absolute Gasteiger partial charge is 0.0730 e. The molecule has 4 rings (SSSR count). The minimum Gasteiger partial charge on any atom is -0.374 e. The maximum Gasteiger partial charge on any atom is 0.0730 e. The Morgan fingerprint density at radius 2 is 1.43 bits per heavy atom. The van der Waals surface area contributed by atoms with Gasteiger partial charge in [0.15, 0.2) is 0 Å². The van der Waals surface area contributed by atoms with E-state index in [0.29, 0.717) is 0 Å². The van der Waals surface area contributed by atoms with Gasteiger partial charge < -0.3 is 9.80 Å². The van der Waals surface area contributed by atoms with E-state index in [4.69, 9.17) is 4.98 Å². The van der Waals surface area contributed by atoms with Crippen molar-refractivity contribution in [1.82, 2.24) is 9.88 Å². The summed E-state index contributed by atoms with van der Waals surface area (Å²) >= 11 is 0. The van der Waals surface area contributed by atoms with E-state index >= 15 is 0 Å². The van der Waals surface area contributed by atoms with E-state index in [0.717, 1.165) is 36.3 Å². The van der Waals surface area contributed by atoms with Crippen LogP contribution in [0.1, 0.15) is 6.42 Å². The van der Waals surface area contributed by atoms with Crippen molar-refractivity contribution in [1.29, 1.82) is 0 Å². The molecule has 0 saturated heterocycles. The Kier molecular flexibility index (Phi) is 8.48. The molecule has 0 unspecified atom stereocenters. The second kappa shape index (κ2) is 10.6. The topological polar surface area (TPSA) is 19.4 Å². The molecule has 0 radical (unpaired) electrons. The van der Waals surface area contributed by atoms with Crippen LogP contribution in [0, 0.1) is 0 Å². The van der Waals surface area contributed by atoms with E-state index in [1.54, 1.807) is 0 Å². The zero-order chi connectivity index (χ0) is 19.5. The molecule has 0 amide bonds. The lowest BCUT2D eigenvalue weighted by Crippen LogP contribution is -2.23. The Balaban J connectivity index is 0.00000160. The van der Waals surface area contributed by atoms with Crippen LogP contribution < -0.4 is 4.90 Å². The molecule has 0 bridgehead atoms. The summed E-state index contributed by atoms with van der Waals surface area (Å²) in [6.45, 7) is 2.11. The van der Waals surface area contributed by atoms with Crippen molar-refractivity contribution in [2.75, 3.05) is 39.1 Å². The average molecular weight is 442 g/mol. The van der Waals surface area contributed by atoms with E-state index < -0.39 is 0 Å². The summed E-state index contributed by atoms with van der Waals surface area (Å²) in [6.07, 6.45) is 1.13. The normalized spacial score (nSPS) is 10.7. The summed E-state index contributed by atoms with van der Waals surface area (Å²) in [4.78, 5) is 9.56. The first-order chi connectivity index (χ1) is 13.6. The third-order valence-electron chi connectivity index (χ3n) is 5.25. The number of pyridine rings is 1. The minimum atomic E-state index is 0. The summed E-state index contributed by atoms with van der Waals surface area (Å²) in [6, 6.07) is 25.8. The second-order valence-corrected chi connectivity index (χ2v) is 7.68. The molecule has 0 atom stereocenters. The number of benzene rings is 3. The van der Waals surface area contributed by atoms with Crippen molar-refractivity contribution in [3.63, 3.8) is 0 Å². The minimum absolute atomic E-state index is 0. The molecule has 3 aromatic carbocycles. The van der Waals surface area contributed by atoms with Crippen LogP contribution >= 0.6 is 24.8 Å². The van der Waals surface area contributed by atoms with Gasteiger partial charge in [0.05, 0.1) is 11.2 Å². The highest BCUT2D eigenvalue weighted by molar-refractivity contribution is 5.95. The van der Waals surface area contributed by atoms with E-state index in [-0.39, 0.29) is 24.8 Å². The summed E-state index contributed by atoms with van der Waals surface area (Å²) < 4.78 is 0. The molecule has 0 saturated carbocycles. The SMILES string of the molecule is CN(C)CCCN(C)c1cc(-c2ccc3ccccc3c2)nc2ccccc12.Cl.Cl. The van der Waals surface area contributed by atoms with Gasteiger partial charge in [-0.15, -0.1) is 24.8 Å². The van der Waals surface area contributed by atoms with Crippen LogP contribution in [0.15, 0.2) is 72.8 Å². The van der Waals surface area contributed by atoms with Gasteiger partial charge in [-0.25, -0.2) is 4.98 Å². The van der Waals surface area contributed by atoms with Crippen LogP contribution in [0.4, 0.5) is 5.69 Å². The first-order valence-corrected chi connectivity index (χ1v) is 9.87. The Hall–Kier alpha value is -2.33. The highest BCUT2D eigenvalue weighted by atomic mass is 35.5. The third kappa shape index (κ3) is 5.23. The standard InChI is InChI=1S/C25H27N3.2ClH/c1-27(2)15-8-16-28(3)25-18-24(26-23-12-7-6-11-22(23)25)21-14-13-19-9-4-5-10-20(19)17-21;;/h4-7,9-14,17-18H,8,15-16H2,1-3H3;2*1H. The van der Waals surface area contributed by atoms with Crippen molar-refractivity contribution in [3.05, 3.63) is 72.8 Å². The number of fused-ring (bicyclic) bond motifs is 2. The maximum atomic E-state index is 4.97. The molecular formula is C25H29Cl2N3. The van der Waals surface area contributed by atoms with E-state index in [1.165, 1.54) is 21.8 Å². The molecule has 5 heteroatoms. The molecule has 0 spiro atoms. The maximum absolute atomic E-state index is 4.97. The Morgan fingerprint density at radius 3 is 2.20 bits per heavy atom. The second-order valence-electron chi connectivity index (χ2n) is 7.68. The molecule has 0 aliphatic heterocycles. The fourth-order valence-corrected chi connectivity index (χ4v) is 3.71. The third-order valence-corrected chi connectivity index (χ3v) is 5.25. The van der Waals surface area contributed by atoms with Gasteiger partial charge in [0, 0.05) is 30.2 Å². The highest BCUT2D eigenvalue weighted by Crippen LogP contribution is 2.31. The van der Waals surface area contributed by atoms with Crippen LogP contribution in [0.3, 0.4) is 0 Å². The van der Waals surface area contributed by atoms with E-state index in [9.17, 15) is 0 Å². The summed E-state index contributed by atoms with van der Waals surface area (Å²) in [5.41, 5.74) is 4.47. The van der Waals surface area contributed by atoms with Gasteiger partial charge in [-0.2, -0.15) is 0 Å². The van der Waals surface area contributed by atoms with Crippen LogP contribution in [-0.4, -0.2) is 44.1 Å². The number of para-hydroxylation sites is 1. The lowest BCUT2D eigenvalue weighted by Gasteiger charge is -2.23. The quantitative estimate of drug-likeness (QED) is 0.350. The van der Waals surface area contributed by atoms with Crippen molar-refractivity contribution in [2.24, 2.45) is 0 Å². The number of aromatic nitrogens is 1. The molecule has 1 heterocycles. The first-order valence-electron chi connectivity index (χ1n) is 9.87. The van der Waals surface area contributed by atoms with Crippen molar-refractivity contribution < 1.29 is 0 Å². The molecule has 0 fully saturated rings. The van der Waals surface area contributed by atoms with Gasteiger partial charge in [-0.1, -0.05) is 54.6 Å². The number of halogens is 2. The number of anilines is 1. The van der Waals surface area contributed by atoms with E-state index in [1.807, 2.05) is 0 Å². The fourth-order valence-electron chi connectivity index (χ4n) is 3.71. The predicted molar refractivity (Wildman–Crippen MR) is 136 cm³/mol. The zero-order valence-corrected chi connectivity index (χ0v) is 19.3. The van der Waals surface area contributed by atoms with Gasteiger partial charge in [0.25, 0.3) is 0 Å². The monoisotopic (exact) mass is 441 g/mol. The number of rotatable bonds is 6.